The highest BCUT2D eigenvalue weighted by atomic mass is 127. The van der Waals surface area contributed by atoms with Crippen LogP contribution < -0.4 is 0 Å². The second kappa shape index (κ2) is 7.25. The van der Waals surface area contributed by atoms with Gasteiger partial charge < -0.3 is 4.42 Å². The van der Waals surface area contributed by atoms with Gasteiger partial charge in [-0.2, -0.15) is 0 Å². The second-order valence-electron chi connectivity index (χ2n) is 6.45. The van der Waals surface area contributed by atoms with Crippen molar-refractivity contribution in [2.24, 2.45) is 0 Å². The topological polar surface area (TPSA) is 13.1 Å². The van der Waals surface area contributed by atoms with Crippen LogP contribution in [0.3, 0.4) is 0 Å². The third-order valence-corrected chi connectivity index (χ3v) is 5.97. The van der Waals surface area contributed by atoms with E-state index in [4.69, 9.17) is 4.42 Å². The molecule has 0 fully saturated rings. The summed E-state index contributed by atoms with van der Waals surface area (Å²) in [6.07, 6.45) is 7.23. The summed E-state index contributed by atoms with van der Waals surface area (Å²) < 4.78 is 7.64. The molecule has 2 aromatic carbocycles. The van der Waals surface area contributed by atoms with E-state index in [9.17, 15) is 0 Å². The molecule has 0 aliphatic heterocycles. The van der Waals surface area contributed by atoms with Gasteiger partial charge in [0.2, 0.25) is 0 Å². The van der Waals surface area contributed by atoms with E-state index < -0.39 is 0 Å². The van der Waals surface area contributed by atoms with E-state index in [1.807, 2.05) is 0 Å². The predicted octanol–water partition coefficient (Wildman–Crippen LogP) is 7.18. The van der Waals surface area contributed by atoms with Gasteiger partial charge >= 0.3 is 0 Å². The van der Waals surface area contributed by atoms with Crippen molar-refractivity contribution in [2.75, 3.05) is 0 Å². The fourth-order valence-electron chi connectivity index (χ4n) is 3.29. The molecule has 0 amide bonds. The molecule has 0 saturated heterocycles. The summed E-state index contributed by atoms with van der Waals surface area (Å²) >= 11 is 2.46. The molecule has 0 atom stereocenters. The van der Waals surface area contributed by atoms with Crippen LogP contribution in [0, 0.1) is 10.5 Å². The smallest absolute Gasteiger partial charge is 0.149 e. The van der Waals surface area contributed by atoms with Crippen LogP contribution in [0.15, 0.2) is 28.7 Å². The maximum Gasteiger partial charge on any atom is 0.149 e. The zero-order chi connectivity index (χ0) is 16.4. The average Bonchev–Trinajstić information content (AvgIpc) is 2.94. The average molecular weight is 420 g/mol. The normalized spacial score (nSPS) is 11.7. The largest absolute Gasteiger partial charge is 0.455 e. The lowest BCUT2D eigenvalue weighted by molar-refractivity contribution is 0.659. The van der Waals surface area contributed by atoms with Crippen LogP contribution in [0.4, 0.5) is 0 Å². The minimum absolute atomic E-state index is 1.07. The molecule has 1 heterocycles. The molecular formula is C21H25IO. The molecule has 3 aromatic rings. The second-order valence-corrected chi connectivity index (χ2v) is 7.53. The van der Waals surface area contributed by atoms with Crippen molar-refractivity contribution in [1.82, 2.24) is 0 Å². The third-order valence-electron chi connectivity index (χ3n) is 4.79. The Morgan fingerprint density at radius 3 is 2.04 bits per heavy atom. The molecule has 0 saturated carbocycles. The molecule has 0 N–H and O–H groups in total. The fraction of sp³-hybridized carbons (Fsp3) is 0.429. The lowest BCUT2D eigenvalue weighted by Gasteiger charge is -2.05. The molecular weight excluding hydrogens is 395 g/mol. The van der Waals surface area contributed by atoms with E-state index >= 15 is 0 Å². The molecule has 1 aromatic heterocycles. The summed E-state index contributed by atoms with van der Waals surface area (Å²) in [5, 5.41) is 2.52. The molecule has 1 nitrogen and oxygen atoms in total. The lowest BCUT2D eigenvalue weighted by Crippen LogP contribution is -1.89. The molecule has 122 valence electrons. The molecule has 0 unspecified atom stereocenters. The first-order valence-electron chi connectivity index (χ1n) is 8.79. The lowest BCUT2D eigenvalue weighted by atomic mass is 9.99. The van der Waals surface area contributed by atoms with Gasteiger partial charge in [-0.25, -0.2) is 0 Å². The van der Waals surface area contributed by atoms with Crippen molar-refractivity contribution >= 4 is 44.5 Å². The van der Waals surface area contributed by atoms with Crippen LogP contribution in [0.1, 0.15) is 56.2 Å². The van der Waals surface area contributed by atoms with Gasteiger partial charge in [0.1, 0.15) is 11.2 Å². The van der Waals surface area contributed by atoms with E-state index in [1.165, 1.54) is 56.7 Å². The molecule has 3 rings (SSSR count). The number of furan rings is 1. The van der Waals surface area contributed by atoms with Crippen LogP contribution in [0.5, 0.6) is 0 Å². The summed E-state index contributed by atoms with van der Waals surface area (Å²) in [7, 11) is 0. The zero-order valence-corrected chi connectivity index (χ0v) is 16.5. The van der Waals surface area contributed by atoms with Crippen molar-refractivity contribution in [3.63, 3.8) is 0 Å². The summed E-state index contributed by atoms with van der Waals surface area (Å²) in [4.78, 5) is 0. The Balaban J connectivity index is 2.13. The first-order chi connectivity index (χ1) is 11.2. The summed E-state index contributed by atoms with van der Waals surface area (Å²) in [5.74, 6) is 0. The van der Waals surface area contributed by atoms with Crippen LogP contribution in [-0.4, -0.2) is 0 Å². The van der Waals surface area contributed by atoms with Gasteiger partial charge in [-0.1, -0.05) is 51.0 Å². The molecule has 0 spiro atoms. The maximum atomic E-state index is 6.35. The first-order valence-corrected chi connectivity index (χ1v) is 9.87. The minimum atomic E-state index is 1.07. The highest BCUT2D eigenvalue weighted by molar-refractivity contribution is 14.1. The standard InChI is InChI=1S/C21H25IO/c1-4-6-8-15-10-12-17-18-13-11-16(9-7-5-2)19(22)21(18)23-20(17)14(15)3/h10-13H,4-9H2,1-3H3. The third kappa shape index (κ3) is 3.15. The summed E-state index contributed by atoms with van der Waals surface area (Å²) in [6.45, 7) is 6.70. The summed E-state index contributed by atoms with van der Waals surface area (Å²) in [5.41, 5.74) is 6.32. The number of unbranched alkanes of at least 4 members (excludes halogenated alkanes) is 2. The van der Waals surface area contributed by atoms with E-state index in [0.717, 1.165) is 24.0 Å². The van der Waals surface area contributed by atoms with Crippen LogP contribution >= 0.6 is 22.6 Å². The highest BCUT2D eigenvalue weighted by Gasteiger charge is 2.15. The molecule has 0 radical (unpaired) electrons. The predicted molar refractivity (Wildman–Crippen MR) is 108 cm³/mol. The highest BCUT2D eigenvalue weighted by Crippen LogP contribution is 2.36. The fourth-order valence-corrected chi connectivity index (χ4v) is 4.14. The Morgan fingerprint density at radius 2 is 1.39 bits per heavy atom. The van der Waals surface area contributed by atoms with Gasteiger partial charge in [-0.3, -0.25) is 0 Å². The Labute approximate surface area is 152 Å². The quantitative estimate of drug-likeness (QED) is 0.385. The van der Waals surface area contributed by atoms with Gasteiger partial charge in [0.05, 0.1) is 3.57 Å². The maximum absolute atomic E-state index is 6.35. The zero-order valence-electron chi connectivity index (χ0n) is 14.3. The van der Waals surface area contributed by atoms with Crippen molar-refractivity contribution in [1.29, 1.82) is 0 Å². The van der Waals surface area contributed by atoms with Gasteiger partial charge in [0.15, 0.2) is 0 Å². The summed E-state index contributed by atoms with van der Waals surface area (Å²) in [6, 6.07) is 9.08. The van der Waals surface area contributed by atoms with Gasteiger partial charge in [-0.15, -0.1) is 0 Å². The number of aryl methyl sites for hydroxylation is 3. The molecule has 0 aliphatic rings. The number of hydrogen-bond acceptors (Lipinski definition) is 1. The van der Waals surface area contributed by atoms with Crippen LogP contribution in [-0.2, 0) is 12.8 Å². The number of rotatable bonds is 6. The molecule has 23 heavy (non-hydrogen) atoms. The van der Waals surface area contributed by atoms with Gasteiger partial charge in [-0.05, 0) is 71.9 Å². The van der Waals surface area contributed by atoms with E-state index in [0.29, 0.717) is 0 Å². The van der Waals surface area contributed by atoms with E-state index in [2.05, 4.69) is 67.6 Å². The van der Waals surface area contributed by atoms with Crippen LogP contribution in [0.25, 0.3) is 21.9 Å². The Hall–Kier alpha value is -1.03. The van der Waals surface area contributed by atoms with Crippen molar-refractivity contribution in [3.05, 3.63) is 44.5 Å². The first kappa shape index (κ1) is 16.8. The number of hydrogen-bond donors (Lipinski definition) is 0. The molecule has 2 heteroatoms. The van der Waals surface area contributed by atoms with Gasteiger partial charge in [0.25, 0.3) is 0 Å². The number of fused-ring (bicyclic) bond motifs is 3. The van der Waals surface area contributed by atoms with Crippen molar-refractivity contribution in [3.8, 4) is 0 Å². The SMILES string of the molecule is CCCCc1ccc2c(oc3c(I)c(CCCC)ccc32)c1C. The van der Waals surface area contributed by atoms with Crippen LogP contribution in [0.2, 0.25) is 0 Å². The van der Waals surface area contributed by atoms with Crippen molar-refractivity contribution in [2.45, 2.75) is 59.3 Å². The van der Waals surface area contributed by atoms with Gasteiger partial charge in [0, 0.05) is 10.8 Å². The van der Waals surface area contributed by atoms with E-state index in [1.54, 1.807) is 0 Å². The number of benzene rings is 2. The Bertz CT molecular complexity index is 761. The molecule has 0 bridgehead atoms. The number of halogens is 1. The monoisotopic (exact) mass is 420 g/mol. The Kier molecular flexibility index (Phi) is 5.30. The van der Waals surface area contributed by atoms with E-state index in [-0.39, 0.29) is 0 Å². The molecule has 0 aliphatic carbocycles. The minimum Gasteiger partial charge on any atom is -0.455 e. The Morgan fingerprint density at radius 1 is 0.826 bits per heavy atom. The van der Waals surface area contributed by atoms with Crippen molar-refractivity contribution < 1.29 is 4.42 Å².